The van der Waals surface area contributed by atoms with Crippen LogP contribution in [0.2, 0.25) is 0 Å². The van der Waals surface area contributed by atoms with Crippen LogP contribution in [0, 0.1) is 5.92 Å². The van der Waals surface area contributed by atoms with Gasteiger partial charge in [0.2, 0.25) is 0 Å². The maximum atomic E-state index is 5.91. The molecular weight excluding hydrogens is 190 g/mol. The van der Waals surface area contributed by atoms with Crippen LogP contribution in [0.1, 0.15) is 26.2 Å². The Morgan fingerprint density at radius 3 is 2.93 bits per heavy atom. The highest BCUT2D eigenvalue weighted by atomic mass is 16.5. The highest BCUT2D eigenvalue weighted by Crippen LogP contribution is 2.40. The van der Waals surface area contributed by atoms with Gasteiger partial charge in [0, 0.05) is 13.7 Å². The number of nitrogens with two attached hydrogens (primary N) is 1. The van der Waals surface area contributed by atoms with E-state index in [9.17, 15) is 0 Å². The van der Waals surface area contributed by atoms with Crippen LogP contribution in [0.3, 0.4) is 0 Å². The van der Waals surface area contributed by atoms with Crippen molar-refractivity contribution < 1.29 is 4.74 Å². The molecule has 0 radical (unpaired) electrons. The summed E-state index contributed by atoms with van der Waals surface area (Å²) in [5, 5.41) is 0. The lowest BCUT2D eigenvalue weighted by molar-refractivity contribution is 0.129. The molecular formula is C11H21N3O. The van der Waals surface area contributed by atoms with E-state index in [1.807, 2.05) is 0 Å². The third kappa shape index (κ3) is 2.25. The van der Waals surface area contributed by atoms with Crippen LogP contribution in [0.4, 0.5) is 0 Å². The van der Waals surface area contributed by atoms with Crippen LogP contribution in [0.25, 0.3) is 0 Å². The predicted octanol–water partition coefficient (Wildman–Crippen LogP) is 0.822. The molecule has 1 aliphatic carbocycles. The SMILES string of the molecule is COCCN1C(N)=NCC1(C)CC1CC1. The molecule has 1 atom stereocenters. The number of methoxy groups -OCH3 is 1. The maximum absolute atomic E-state index is 5.91. The van der Waals surface area contributed by atoms with Gasteiger partial charge in [0.25, 0.3) is 0 Å². The topological polar surface area (TPSA) is 50.9 Å². The van der Waals surface area contributed by atoms with Crippen molar-refractivity contribution in [2.75, 3.05) is 26.8 Å². The van der Waals surface area contributed by atoms with Gasteiger partial charge in [0.1, 0.15) is 0 Å². The van der Waals surface area contributed by atoms with Gasteiger partial charge in [-0.1, -0.05) is 12.8 Å². The van der Waals surface area contributed by atoms with E-state index in [4.69, 9.17) is 10.5 Å². The molecule has 2 N–H and O–H groups in total. The van der Waals surface area contributed by atoms with Crippen LogP contribution >= 0.6 is 0 Å². The molecule has 0 bridgehead atoms. The van der Waals surface area contributed by atoms with Gasteiger partial charge in [-0.15, -0.1) is 0 Å². The molecule has 1 unspecified atom stereocenters. The second kappa shape index (κ2) is 4.00. The predicted molar refractivity (Wildman–Crippen MR) is 60.8 cm³/mol. The van der Waals surface area contributed by atoms with Crippen LogP contribution in [-0.2, 0) is 4.74 Å². The minimum Gasteiger partial charge on any atom is -0.383 e. The lowest BCUT2D eigenvalue weighted by Crippen LogP contribution is -2.51. The zero-order chi connectivity index (χ0) is 10.9. The van der Waals surface area contributed by atoms with E-state index >= 15 is 0 Å². The molecule has 15 heavy (non-hydrogen) atoms. The lowest BCUT2D eigenvalue weighted by Gasteiger charge is -2.36. The average Bonchev–Trinajstić information content (AvgIpc) is 2.94. The maximum Gasteiger partial charge on any atom is 0.191 e. The number of hydrogen-bond acceptors (Lipinski definition) is 4. The molecule has 4 nitrogen and oxygen atoms in total. The number of hydrogen-bond donors (Lipinski definition) is 1. The van der Waals surface area contributed by atoms with Gasteiger partial charge in [-0.2, -0.15) is 0 Å². The summed E-state index contributed by atoms with van der Waals surface area (Å²) in [6.45, 7) is 4.69. The van der Waals surface area contributed by atoms with E-state index in [2.05, 4.69) is 16.8 Å². The Bertz CT molecular complexity index is 263. The van der Waals surface area contributed by atoms with E-state index in [0.717, 1.165) is 25.6 Å². The number of rotatable bonds is 5. The molecule has 4 heteroatoms. The van der Waals surface area contributed by atoms with E-state index in [1.54, 1.807) is 7.11 Å². The lowest BCUT2D eigenvalue weighted by atomic mass is 9.94. The molecule has 1 aliphatic heterocycles. The Hall–Kier alpha value is -0.770. The first-order valence-electron chi connectivity index (χ1n) is 5.72. The normalized spacial score (nSPS) is 30.8. The fraction of sp³-hybridized carbons (Fsp3) is 0.909. The van der Waals surface area contributed by atoms with Crippen LogP contribution in [0.5, 0.6) is 0 Å². The fourth-order valence-electron chi connectivity index (χ4n) is 2.38. The van der Waals surface area contributed by atoms with Gasteiger partial charge in [-0.05, 0) is 19.3 Å². The van der Waals surface area contributed by atoms with Crippen LogP contribution in [0.15, 0.2) is 4.99 Å². The Kier molecular flexibility index (Phi) is 2.87. The van der Waals surface area contributed by atoms with Crippen molar-refractivity contribution in [3.63, 3.8) is 0 Å². The number of ether oxygens (including phenoxy) is 1. The molecule has 1 saturated carbocycles. The minimum atomic E-state index is 0.143. The monoisotopic (exact) mass is 211 g/mol. The molecule has 0 saturated heterocycles. The zero-order valence-electron chi connectivity index (χ0n) is 9.70. The van der Waals surface area contributed by atoms with E-state index in [-0.39, 0.29) is 5.54 Å². The number of aliphatic imine (C=N–C) groups is 1. The van der Waals surface area contributed by atoms with Crippen LogP contribution < -0.4 is 5.73 Å². The summed E-state index contributed by atoms with van der Waals surface area (Å²) in [7, 11) is 1.72. The molecule has 2 aliphatic rings. The summed E-state index contributed by atoms with van der Waals surface area (Å²) in [5.74, 6) is 1.59. The summed E-state index contributed by atoms with van der Waals surface area (Å²) in [6, 6.07) is 0. The van der Waals surface area contributed by atoms with Crippen molar-refractivity contribution in [1.82, 2.24) is 4.90 Å². The fourth-order valence-corrected chi connectivity index (χ4v) is 2.38. The first-order chi connectivity index (χ1) is 7.15. The van der Waals surface area contributed by atoms with Crippen molar-refractivity contribution in [2.45, 2.75) is 31.7 Å². The molecule has 1 fully saturated rings. The van der Waals surface area contributed by atoms with Crippen molar-refractivity contribution >= 4 is 5.96 Å². The van der Waals surface area contributed by atoms with E-state index < -0.39 is 0 Å². The number of nitrogens with zero attached hydrogens (tertiary/aromatic N) is 2. The third-order valence-electron chi connectivity index (χ3n) is 3.45. The molecule has 0 aromatic heterocycles. The summed E-state index contributed by atoms with van der Waals surface area (Å²) < 4.78 is 5.11. The quantitative estimate of drug-likeness (QED) is 0.732. The zero-order valence-corrected chi connectivity index (χ0v) is 9.70. The van der Waals surface area contributed by atoms with E-state index in [1.165, 1.54) is 19.3 Å². The number of guanidine groups is 1. The van der Waals surface area contributed by atoms with Crippen molar-refractivity contribution in [2.24, 2.45) is 16.6 Å². The van der Waals surface area contributed by atoms with Crippen LogP contribution in [-0.4, -0.2) is 43.2 Å². The van der Waals surface area contributed by atoms with Gasteiger partial charge in [0.15, 0.2) is 5.96 Å². The largest absolute Gasteiger partial charge is 0.383 e. The molecule has 1 heterocycles. The smallest absolute Gasteiger partial charge is 0.191 e. The summed E-state index contributed by atoms with van der Waals surface area (Å²) in [5.41, 5.74) is 6.05. The van der Waals surface area contributed by atoms with Gasteiger partial charge in [0.05, 0.1) is 18.7 Å². The van der Waals surface area contributed by atoms with Gasteiger partial charge in [-0.25, -0.2) is 0 Å². The third-order valence-corrected chi connectivity index (χ3v) is 3.45. The Morgan fingerprint density at radius 1 is 1.60 bits per heavy atom. The Morgan fingerprint density at radius 2 is 2.33 bits per heavy atom. The average molecular weight is 211 g/mol. The van der Waals surface area contributed by atoms with Gasteiger partial charge < -0.3 is 15.4 Å². The highest BCUT2D eigenvalue weighted by Gasteiger charge is 2.41. The second-order valence-electron chi connectivity index (χ2n) is 4.96. The summed E-state index contributed by atoms with van der Waals surface area (Å²) in [6.07, 6.45) is 3.99. The van der Waals surface area contributed by atoms with Crippen molar-refractivity contribution in [3.05, 3.63) is 0 Å². The first-order valence-corrected chi connectivity index (χ1v) is 5.72. The van der Waals surface area contributed by atoms with Gasteiger partial charge >= 0.3 is 0 Å². The Labute approximate surface area is 91.5 Å². The molecule has 0 aromatic carbocycles. The van der Waals surface area contributed by atoms with E-state index in [0.29, 0.717) is 5.96 Å². The molecule has 0 aromatic rings. The molecule has 0 spiro atoms. The molecule has 0 amide bonds. The highest BCUT2D eigenvalue weighted by molar-refractivity contribution is 5.80. The summed E-state index contributed by atoms with van der Waals surface area (Å²) in [4.78, 5) is 6.59. The first kappa shape index (κ1) is 10.7. The Balaban J connectivity index is 1.97. The molecule has 2 rings (SSSR count). The van der Waals surface area contributed by atoms with Crippen molar-refractivity contribution in [3.8, 4) is 0 Å². The summed E-state index contributed by atoms with van der Waals surface area (Å²) >= 11 is 0. The van der Waals surface area contributed by atoms with Gasteiger partial charge in [-0.3, -0.25) is 4.99 Å². The second-order valence-corrected chi connectivity index (χ2v) is 4.96. The molecule has 86 valence electrons. The minimum absolute atomic E-state index is 0.143. The van der Waals surface area contributed by atoms with Crippen molar-refractivity contribution in [1.29, 1.82) is 0 Å². The standard InChI is InChI=1S/C11H21N3O/c1-11(7-9-3-4-9)8-13-10(12)14(11)5-6-15-2/h9H,3-8H2,1-2H3,(H2,12,13).